The van der Waals surface area contributed by atoms with E-state index in [2.05, 4.69) is 18.3 Å². The van der Waals surface area contributed by atoms with Crippen molar-refractivity contribution in [2.75, 3.05) is 5.73 Å². The van der Waals surface area contributed by atoms with Gasteiger partial charge in [-0.3, -0.25) is 0 Å². The van der Waals surface area contributed by atoms with E-state index >= 15 is 0 Å². The smallest absolute Gasteiger partial charge is 0.0365 e. The van der Waals surface area contributed by atoms with Crippen LogP contribution in [0.25, 0.3) is 0 Å². The number of hydrogen-bond acceptors (Lipinski definition) is 2. The molecule has 1 aliphatic heterocycles. The monoisotopic (exact) mass is 148 g/mol. The van der Waals surface area contributed by atoms with Crippen LogP contribution in [-0.2, 0) is 6.54 Å². The summed E-state index contributed by atoms with van der Waals surface area (Å²) in [7, 11) is 0. The van der Waals surface area contributed by atoms with Crippen molar-refractivity contribution < 1.29 is 0 Å². The quantitative estimate of drug-likeness (QED) is 0.546. The molecule has 0 spiro atoms. The van der Waals surface area contributed by atoms with E-state index in [0.29, 0.717) is 6.04 Å². The van der Waals surface area contributed by atoms with Crippen LogP contribution in [0.15, 0.2) is 18.2 Å². The van der Waals surface area contributed by atoms with Gasteiger partial charge in [0.25, 0.3) is 0 Å². The maximum absolute atomic E-state index is 5.82. The van der Waals surface area contributed by atoms with Crippen LogP contribution in [0.1, 0.15) is 24.1 Å². The summed E-state index contributed by atoms with van der Waals surface area (Å²) in [6.45, 7) is 3.10. The van der Waals surface area contributed by atoms with Gasteiger partial charge in [-0.05, 0) is 24.1 Å². The molecule has 11 heavy (non-hydrogen) atoms. The fraction of sp³-hybridized carbons (Fsp3) is 0.333. The van der Waals surface area contributed by atoms with Crippen LogP contribution in [0, 0.1) is 0 Å². The molecule has 1 aromatic carbocycles. The molecule has 2 heteroatoms. The normalized spacial score (nSPS) is 21.7. The van der Waals surface area contributed by atoms with Gasteiger partial charge in [0.15, 0.2) is 0 Å². The fourth-order valence-electron chi connectivity index (χ4n) is 1.68. The molecular weight excluding hydrogens is 136 g/mol. The van der Waals surface area contributed by atoms with Crippen LogP contribution < -0.4 is 11.1 Å². The summed E-state index contributed by atoms with van der Waals surface area (Å²) in [5.41, 5.74) is 9.37. The first kappa shape index (κ1) is 6.68. The van der Waals surface area contributed by atoms with Crippen molar-refractivity contribution in [3.8, 4) is 0 Å². The third-order valence-electron chi connectivity index (χ3n) is 2.26. The van der Waals surface area contributed by atoms with Crippen LogP contribution in [0.3, 0.4) is 0 Å². The molecule has 0 saturated heterocycles. The van der Waals surface area contributed by atoms with Gasteiger partial charge < -0.3 is 11.1 Å². The first-order valence-corrected chi connectivity index (χ1v) is 3.89. The number of rotatable bonds is 0. The van der Waals surface area contributed by atoms with Crippen molar-refractivity contribution in [2.24, 2.45) is 0 Å². The van der Waals surface area contributed by atoms with Crippen molar-refractivity contribution in [3.05, 3.63) is 29.3 Å². The van der Waals surface area contributed by atoms with Gasteiger partial charge in [0, 0.05) is 18.3 Å². The maximum Gasteiger partial charge on any atom is 0.0365 e. The Morgan fingerprint density at radius 1 is 1.55 bits per heavy atom. The van der Waals surface area contributed by atoms with Gasteiger partial charge in [-0.2, -0.15) is 0 Å². The van der Waals surface area contributed by atoms with Crippen LogP contribution >= 0.6 is 0 Å². The van der Waals surface area contributed by atoms with Crippen molar-refractivity contribution in [2.45, 2.75) is 19.5 Å². The minimum Gasteiger partial charge on any atom is -0.398 e. The number of hydrogen-bond donors (Lipinski definition) is 2. The number of anilines is 1. The highest BCUT2D eigenvalue weighted by Gasteiger charge is 2.18. The second-order valence-electron chi connectivity index (χ2n) is 3.02. The molecule has 0 aromatic heterocycles. The molecule has 1 heterocycles. The lowest BCUT2D eigenvalue weighted by atomic mass is 10.0. The molecule has 1 aromatic rings. The van der Waals surface area contributed by atoms with Gasteiger partial charge in [-0.1, -0.05) is 12.1 Å². The molecule has 58 valence electrons. The maximum atomic E-state index is 5.82. The number of benzene rings is 1. The lowest BCUT2D eigenvalue weighted by Gasteiger charge is -2.06. The van der Waals surface area contributed by atoms with Gasteiger partial charge in [0.2, 0.25) is 0 Å². The van der Waals surface area contributed by atoms with E-state index in [-0.39, 0.29) is 0 Å². The summed E-state index contributed by atoms with van der Waals surface area (Å²) in [4.78, 5) is 0. The zero-order chi connectivity index (χ0) is 7.84. The van der Waals surface area contributed by atoms with Crippen molar-refractivity contribution in [1.82, 2.24) is 5.32 Å². The highest BCUT2D eigenvalue weighted by molar-refractivity contribution is 5.54. The average molecular weight is 148 g/mol. The second-order valence-corrected chi connectivity index (χ2v) is 3.02. The summed E-state index contributed by atoms with van der Waals surface area (Å²) in [6.07, 6.45) is 0. The van der Waals surface area contributed by atoms with Crippen molar-refractivity contribution >= 4 is 5.69 Å². The lowest BCUT2D eigenvalue weighted by Crippen LogP contribution is -2.08. The van der Waals surface area contributed by atoms with Crippen molar-refractivity contribution in [3.63, 3.8) is 0 Å². The van der Waals surface area contributed by atoms with Crippen molar-refractivity contribution in [1.29, 1.82) is 0 Å². The zero-order valence-electron chi connectivity index (χ0n) is 6.59. The van der Waals surface area contributed by atoms with E-state index in [1.54, 1.807) is 0 Å². The fourth-order valence-corrected chi connectivity index (χ4v) is 1.68. The van der Waals surface area contributed by atoms with E-state index in [1.165, 1.54) is 11.1 Å². The van der Waals surface area contributed by atoms with Crippen LogP contribution in [0.4, 0.5) is 5.69 Å². The Labute approximate surface area is 66.4 Å². The molecule has 0 radical (unpaired) electrons. The van der Waals surface area contributed by atoms with Crippen LogP contribution in [0.5, 0.6) is 0 Å². The Balaban J connectivity index is 2.58. The third kappa shape index (κ3) is 0.906. The zero-order valence-corrected chi connectivity index (χ0v) is 6.59. The number of nitrogens with two attached hydrogens (primary N) is 1. The Kier molecular flexibility index (Phi) is 1.36. The van der Waals surface area contributed by atoms with Gasteiger partial charge in [-0.25, -0.2) is 0 Å². The summed E-state index contributed by atoms with van der Waals surface area (Å²) < 4.78 is 0. The van der Waals surface area contributed by atoms with Gasteiger partial charge in [0.05, 0.1) is 0 Å². The Morgan fingerprint density at radius 2 is 2.36 bits per heavy atom. The number of nitrogen functional groups attached to an aromatic ring is 1. The molecule has 3 N–H and O–H groups in total. The van der Waals surface area contributed by atoms with E-state index in [9.17, 15) is 0 Å². The second kappa shape index (κ2) is 2.24. The highest BCUT2D eigenvalue weighted by atomic mass is 14.9. The molecule has 2 rings (SSSR count). The summed E-state index contributed by atoms with van der Waals surface area (Å²) in [6, 6.07) is 6.52. The Hall–Kier alpha value is -1.02. The molecule has 1 unspecified atom stereocenters. The topological polar surface area (TPSA) is 38.0 Å². The molecular formula is C9H12N2. The summed E-state index contributed by atoms with van der Waals surface area (Å²) >= 11 is 0. The predicted octanol–water partition coefficient (Wildman–Crippen LogP) is 1.43. The number of nitrogens with one attached hydrogen (secondary N) is 1. The van der Waals surface area contributed by atoms with E-state index < -0.39 is 0 Å². The third-order valence-corrected chi connectivity index (χ3v) is 2.26. The first-order valence-electron chi connectivity index (χ1n) is 3.89. The Bertz CT molecular complexity index is 281. The predicted molar refractivity (Wildman–Crippen MR) is 46.1 cm³/mol. The average Bonchev–Trinajstić information content (AvgIpc) is 2.34. The first-order chi connectivity index (χ1) is 5.29. The molecule has 0 bridgehead atoms. The largest absolute Gasteiger partial charge is 0.398 e. The van der Waals surface area contributed by atoms with Crippen LogP contribution in [-0.4, -0.2) is 0 Å². The minimum absolute atomic E-state index is 0.422. The van der Waals surface area contributed by atoms with E-state index in [1.807, 2.05) is 12.1 Å². The van der Waals surface area contributed by atoms with E-state index in [4.69, 9.17) is 5.73 Å². The Morgan fingerprint density at radius 3 is 3.09 bits per heavy atom. The molecule has 0 saturated carbocycles. The van der Waals surface area contributed by atoms with E-state index in [0.717, 1.165) is 12.2 Å². The SMILES string of the molecule is CC1NCc2cccc(N)c21. The van der Waals surface area contributed by atoms with Gasteiger partial charge >= 0.3 is 0 Å². The molecule has 1 atom stereocenters. The highest BCUT2D eigenvalue weighted by Crippen LogP contribution is 2.29. The molecule has 0 amide bonds. The minimum atomic E-state index is 0.422. The van der Waals surface area contributed by atoms with Crippen LogP contribution in [0.2, 0.25) is 0 Å². The number of fused-ring (bicyclic) bond motifs is 1. The molecule has 0 fully saturated rings. The standard InChI is InChI=1S/C9H12N2/c1-6-9-7(5-11-6)3-2-4-8(9)10/h2-4,6,11H,5,10H2,1H3. The molecule has 1 aliphatic rings. The van der Waals surface area contributed by atoms with Gasteiger partial charge in [-0.15, -0.1) is 0 Å². The molecule has 2 nitrogen and oxygen atoms in total. The summed E-state index contributed by atoms with van der Waals surface area (Å²) in [5.74, 6) is 0. The van der Waals surface area contributed by atoms with Gasteiger partial charge in [0.1, 0.15) is 0 Å². The lowest BCUT2D eigenvalue weighted by molar-refractivity contribution is 0.634. The molecule has 0 aliphatic carbocycles. The summed E-state index contributed by atoms with van der Waals surface area (Å²) in [5, 5.41) is 3.35.